The average molecular weight is 284 g/mol. The first-order valence-electron chi connectivity index (χ1n) is 6.31. The number of pyridine rings is 1. The highest BCUT2D eigenvalue weighted by Crippen LogP contribution is 2.09. The van der Waals surface area contributed by atoms with E-state index in [4.69, 9.17) is 5.73 Å². The summed E-state index contributed by atoms with van der Waals surface area (Å²) in [7, 11) is -3.06. The Morgan fingerprint density at radius 2 is 1.84 bits per heavy atom. The maximum Gasteiger partial charge on any atom is 0.211 e. The lowest BCUT2D eigenvalue weighted by Crippen LogP contribution is -2.47. The van der Waals surface area contributed by atoms with Crippen molar-refractivity contribution in [2.45, 2.75) is 13.1 Å². The van der Waals surface area contributed by atoms with Crippen molar-refractivity contribution in [3.63, 3.8) is 0 Å². The van der Waals surface area contributed by atoms with Gasteiger partial charge in [-0.2, -0.15) is 4.31 Å². The molecule has 0 bridgehead atoms. The molecule has 19 heavy (non-hydrogen) atoms. The minimum atomic E-state index is -3.06. The molecular formula is C12H20N4O2S. The molecule has 0 aliphatic carbocycles. The first-order valence-corrected chi connectivity index (χ1v) is 8.16. The SMILES string of the molecule is CS(=O)(=O)N1CCN(Cc2cccc(CN)n2)CC1. The molecular weight excluding hydrogens is 264 g/mol. The largest absolute Gasteiger partial charge is 0.325 e. The quantitative estimate of drug-likeness (QED) is 0.815. The molecule has 6 nitrogen and oxygen atoms in total. The third-order valence-corrected chi connectivity index (χ3v) is 4.56. The van der Waals surface area contributed by atoms with E-state index < -0.39 is 10.0 Å². The molecule has 1 fully saturated rings. The van der Waals surface area contributed by atoms with Crippen LogP contribution in [0.15, 0.2) is 18.2 Å². The summed E-state index contributed by atoms with van der Waals surface area (Å²) >= 11 is 0. The summed E-state index contributed by atoms with van der Waals surface area (Å²) in [6, 6.07) is 5.84. The maximum atomic E-state index is 11.4. The van der Waals surface area contributed by atoms with Gasteiger partial charge in [-0.3, -0.25) is 9.88 Å². The number of hydrogen-bond acceptors (Lipinski definition) is 5. The van der Waals surface area contributed by atoms with Crippen molar-refractivity contribution in [3.05, 3.63) is 29.6 Å². The smallest absolute Gasteiger partial charge is 0.211 e. The summed E-state index contributed by atoms with van der Waals surface area (Å²) in [6.07, 6.45) is 1.26. The van der Waals surface area contributed by atoms with E-state index in [-0.39, 0.29) is 0 Å². The third-order valence-electron chi connectivity index (χ3n) is 3.26. The molecule has 2 rings (SSSR count). The molecule has 1 aliphatic heterocycles. The number of aromatic nitrogens is 1. The van der Waals surface area contributed by atoms with Crippen LogP contribution in [-0.2, 0) is 23.1 Å². The van der Waals surface area contributed by atoms with Crippen molar-refractivity contribution >= 4 is 10.0 Å². The van der Waals surface area contributed by atoms with Crippen molar-refractivity contribution in [3.8, 4) is 0 Å². The molecule has 106 valence electrons. The van der Waals surface area contributed by atoms with Crippen LogP contribution in [-0.4, -0.2) is 55.0 Å². The molecule has 0 spiro atoms. The lowest BCUT2D eigenvalue weighted by Gasteiger charge is -2.32. The van der Waals surface area contributed by atoms with Gasteiger partial charge < -0.3 is 5.73 Å². The first kappa shape index (κ1) is 14.4. The predicted octanol–water partition coefficient (Wildman–Crippen LogP) is -0.382. The molecule has 0 amide bonds. The van der Waals surface area contributed by atoms with Crippen LogP contribution in [0.3, 0.4) is 0 Å². The summed E-state index contributed by atoms with van der Waals surface area (Å²) in [4.78, 5) is 6.67. The van der Waals surface area contributed by atoms with E-state index in [1.807, 2.05) is 18.2 Å². The van der Waals surface area contributed by atoms with E-state index in [2.05, 4.69) is 9.88 Å². The van der Waals surface area contributed by atoms with Crippen molar-refractivity contribution in [1.29, 1.82) is 0 Å². The Kier molecular flexibility index (Phi) is 4.51. The zero-order valence-corrected chi connectivity index (χ0v) is 11.9. The fraction of sp³-hybridized carbons (Fsp3) is 0.583. The van der Waals surface area contributed by atoms with Gasteiger partial charge in [0.1, 0.15) is 0 Å². The Bertz CT molecular complexity index is 524. The topological polar surface area (TPSA) is 79.5 Å². The van der Waals surface area contributed by atoms with Gasteiger partial charge in [0.25, 0.3) is 0 Å². The van der Waals surface area contributed by atoms with Gasteiger partial charge in [-0.25, -0.2) is 8.42 Å². The van der Waals surface area contributed by atoms with E-state index in [0.717, 1.165) is 31.0 Å². The third kappa shape index (κ3) is 3.97. The van der Waals surface area contributed by atoms with Crippen LogP contribution in [0.5, 0.6) is 0 Å². The van der Waals surface area contributed by atoms with Gasteiger partial charge in [-0.1, -0.05) is 6.07 Å². The molecule has 2 heterocycles. The normalized spacial score (nSPS) is 18.6. The fourth-order valence-corrected chi connectivity index (χ4v) is 3.01. The highest BCUT2D eigenvalue weighted by Gasteiger charge is 2.23. The van der Waals surface area contributed by atoms with Gasteiger partial charge in [-0.15, -0.1) is 0 Å². The van der Waals surface area contributed by atoms with Crippen molar-refractivity contribution in [2.24, 2.45) is 5.73 Å². The van der Waals surface area contributed by atoms with E-state index in [1.54, 1.807) is 0 Å². The second-order valence-electron chi connectivity index (χ2n) is 4.76. The number of piperazine rings is 1. The lowest BCUT2D eigenvalue weighted by atomic mass is 10.2. The van der Waals surface area contributed by atoms with Gasteiger partial charge in [0.05, 0.1) is 17.6 Å². The Balaban J connectivity index is 1.92. The molecule has 0 saturated carbocycles. The van der Waals surface area contributed by atoms with Gasteiger partial charge in [0.2, 0.25) is 10.0 Å². The second-order valence-corrected chi connectivity index (χ2v) is 6.75. The molecule has 1 aromatic rings. The Morgan fingerprint density at radius 1 is 1.21 bits per heavy atom. The first-order chi connectivity index (χ1) is 8.99. The number of sulfonamides is 1. The molecule has 1 aromatic heterocycles. The summed E-state index contributed by atoms with van der Waals surface area (Å²) in [5.41, 5.74) is 7.43. The molecule has 7 heteroatoms. The van der Waals surface area contributed by atoms with Crippen molar-refractivity contribution < 1.29 is 8.42 Å². The summed E-state index contributed by atoms with van der Waals surface area (Å²) in [5, 5.41) is 0. The Labute approximate surface area is 114 Å². The molecule has 0 atom stereocenters. The van der Waals surface area contributed by atoms with E-state index in [9.17, 15) is 8.42 Å². The van der Waals surface area contributed by atoms with Crippen LogP contribution in [0, 0.1) is 0 Å². The van der Waals surface area contributed by atoms with Crippen molar-refractivity contribution in [2.75, 3.05) is 32.4 Å². The van der Waals surface area contributed by atoms with Crippen LogP contribution < -0.4 is 5.73 Å². The molecule has 0 unspecified atom stereocenters. The van der Waals surface area contributed by atoms with Crippen LogP contribution in [0.25, 0.3) is 0 Å². The summed E-state index contributed by atoms with van der Waals surface area (Å²) in [6.45, 7) is 3.76. The lowest BCUT2D eigenvalue weighted by molar-refractivity contribution is 0.180. The van der Waals surface area contributed by atoms with Crippen molar-refractivity contribution in [1.82, 2.24) is 14.2 Å². The predicted molar refractivity (Wildman–Crippen MR) is 73.8 cm³/mol. The van der Waals surface area contributed by atoms with Gasteiger partial charge in [0, 0.05) is 39.3 Å². The summed E-state index contributed by atoms with van der Waals surface area (Å²) < 4.78 is 24.4. The zero-order chi connectivity index (χ0) is 13.9. The Hall–Kier alpha value is -1.02. The van der Waals surface area contributed by atoms with Gasteiger partial charge >= 0.3 is 0 Å². The maximum absolute atomic E-state index is 11.4. The minimum absolute atomic E-state index is 0.440. The Morgan fingerprint density at radius 3 is 2.42 bits per heavy atom. The van der Waals surface area contributed by atoms with Crippen LogP contribution in [0.2, 0.25) is 0 Å². The van der Waals surface area contributed by atoms with E-state index >= 15 is 0 Å². The highest BCUT2D eigenvalue weighted by molar-refractivity contribution is 7.88. The molecule has 0 radical (unpaired) electrons. The summed E-state index contributed by atoms with van der Waals surface area (Å²) in [5.74, 6) is 0. The monoisotopic (exact) mass is 284 g/mol. The number of hydrogen-bond donors (Lipinski definition) is 1. The van der Waals surface area contributed by atoms with Crippen LogP contribution in [0.4, 0.5) is 0 Å². The van der Waals surface area contributed by atoms with Gasteiger partial charge in [-0.05, 0) is 12.1 Å². The number of nitrogens with two attached hydrogens (primary N) is 1. The second kappa shape index (κ2) is 5.96. The molecule has 2 N–H and O–H groups in total. The highest BCUT2D eigenvalue weighted by atomic mass is 32.2. The molecule has 1 saturated heterocycles. The fourth-order valence-electron chi connectivity index (χ4n) is 2.18. The molecule has 1 aliphatic rings. The zero-order valence-electron chi connectivity index (χ0n) is 11.1. The van der Waals surface area contributed by atoms with E-state index in [0.29, 0.717) is 19.6 Å². The average Bonchev–Trinajstić information content (AvgIpc) is 2.38. The number of nitrogens with zero attached hydrogens (tertiary/aromatic N) is 3. The number of rotatable bonds is 4. The van der Waals surface area contributed by atoms with E-state index in [1.165, 1.54) is 10.6 Å². The van der Waals surface area contributed by atoms with Crippen LogP contribution >= 0.6 is 0 Å². The van der Waals surface area contributed by atoms with Crippen LogP contribution in [0.1, 0.15) is 11.4 Å². The molecule has 0 aromatic carbocycles. The van der Waals surface area contributed by atoms with Gasteiger partial charge in [0.15, 0.2) is 0 Å². The standard InChI is InChI=1S/C12H20N4O2S/c1-19(17,18)16-7-5-15(6-8-16)10-12-4-2-3-11(9-13)14-12/h2-4H,5-10,13H2,1H3. The minimum Gasteiger partial charge on any atom is -0.325 e.